The highest BCUT2D eigenvalue weighted by Crippen LogP contribution is 2.53. The molecule has 1 saturated carbocycles. The van der Waals surface area contributed by atoms with E-state index >= 15 is 0 Å². The molecule has 7 nitrogen and oxygen atoms in total. The Hall–Kier alpha value is -3.74. The van der Waals surface area contributed by atoms with Crippen LogP contribution in [0.2, 0.25) is 0 Å². The molecule has 2 aliphatic carbocycles. The second-order valence-electron chi connectivity index (χ2n) is 10.0. The maximum Gasteiger partial charge on any atom is 0.316 e. The van der Waals surface area contributed by atoms with Gasteiger partial charge in [0.15, 0.2) is 0 Å². The Balaban J connectivity index is 1.13. The number of hydrogen-bond acceptors (Lipinski definition) is 5. The van der Waals surface area contributed by atoms with Crippen LogP contribution in [0.4, 0.5) is 5.69 Å². The summed E-state index contributed by atoms with van der Waals surface area (Å²) in [6.07, 6.45) is 5.16. The van der Waals surface area contributed by atoms with Crippen LogP contribution < -0.4 is 9.64 Å². The number of carbonyl (C=O) groups is 4. The number of hydrogen-bond donors (Lipinski definition) is 0. The topological polar surface area (TPSA) is 84.0 Å². The minimum absolute atomic E-state index is 0.0672. The second-order valence-corrected chi connectivity index (χ2v) is 10.0. The van der Waals surface area contributed by atoms with Crippen molar-refractivity contribution in [3.8, 4) is 5.75 Å². The predicted molar refractivity (Wildman–Crippen MR) is 127 cm³/mol. The van der Waals surface area contributed by atoms with E-state index in [2.05, 4.69) is 12.2 Å². The van der Waals surface area contributed by atoms with Gasteiger partial charge in [-0.3, -0.25) is 19.2 Å². The SMILES string of the molecule is Cc1cc(OC(=O)[C@@H]2CC(=O)N(Cc3ccccc3)C2)ccc1N1C(=O)[C@@H]2[C@@H](C1=O)[C@H]1C=C[C@H]2C1. The molecule has 0 spiro atoms. The van der Waals surface area contributed by atoms with Crippen molar-refractivity contribution in [1.29, 1.82) is 0 Å². The highest BCUT2D eigenvalue weighted by molar-refractivity contribution is 6.23. The molecule has 2 saturated heterocycles. The Morgan fingerprint density at radius 2 is 1.66 bits per heavy atom. The van der Waals surface area contributed by atoms with E-state index in [1.807, 2.05) is 30.3 Å². The quantitative estimate of drug-likeness (QED) is 0.290. The Morgan fingerprint density at radius 1 is 0.971 bits per heavy atom. The molecule has 2 aliphatic heterocycles. The zero-order chi connectivity index (χ0) is 24.3. The molecule has 0 radical (unpaired) electrons. The summed E-state index contributed by atoms with van der Waals surface area (Å²) in [7, 11) is 0. The van der Waals surface area contributed by atoms with Gasteiger partial charge in [0.2, 0.25) is 17.7 Å². The van der Waals surface area contributed by atoms with E-state index in [9.17, 15) is 19.2 Å². The Kier molecular flexibility index (Phi) is 5.09. The van der Waals surface area contributed by atoms with Crippen molar-refractivity contribution in [3.63, 3.8) is 0 Å². The second kappa shape index (κ2) is 8.18. The van der Waals surface area contributed by atoms with Crippen LogP contribution >= 0.6 is 0 Å². The normalized spacial score (nSPS) is 28.8. The molecule has 0 unspecified atom stereocenters. The van der Waals surface area contributed by atoms with Gasteiger partial charge >= 0.3 is 5.97 Å². The number of esters is 1. The van der Waals surface area contributed by atoms with Gasteiger partial charge in [-0.15, -0.1) is 0 Å². The van der Waals surface area contributed by atoms with Crippen molar-refractivity contribution in [1.82, 2.24) is 4.90 Å². The lowest BCUT2D eigenvalue weighted by molar-refractivity contribution is -0.139. The van der Waals surface area contributed by atoms with Gasteiger partial charge in [0, 0.05) is 19.5 Å². The lowest BCUT2D eigenvalue weighted by Crippen LogP contribution is -2.33. The van der Waals surface area contributed by atoms with Gasteiger partial charge in [0.1, 0.15) is 5.75 Å². The summed E-state index contributed by atoms with van der Waals surface area (Å²) in [6, 6.07) is 14.6. The van der Waals surface area contributed by atoms with Crippen LogP contribution in [-0.2, 0) is 25.7 Å². The summed E-state index contributed by atoms with van der Waals surface area (Å²) in [6.45, 7) is 2.59. The van der Waals surface area contributed by atoms with Gasteiger partial charge < -0.3 is 9.64 Å². The maximum atomic E-state index is 13.1. The number of benzene rings is 2. The van der Waals surface area contributed by atoms with Crippen molar-refractivity contribution >= 4 is 29.4 Å². The monoisotopic (exact) mass is 470 g/mol. The summed E-state index contributed by atoms with van der Waals surface area (Å²) in [4.78, 5) is 54.5. The minimum Gasteiger partial charge on any atom is -0.426 e. The number of fused-ring (bicyclic) bond motifs is 5. The molecule has 3 fully saturated rings. The molecule has 35 heavy (non-hydrogen) atoms. The Labute approximate surface area is 203 Å². The van der Waals surface area contributed by atoms with Gasteiger partial charge in [-0.25, -0.2) is 4.90 Å². The molecule has 2 aromatic carbocycles. The largest absolute Gasteiger partial charge is 0.426 e. The Bertz CT molecular complexity index is 1240. The molecule has 5 atom stereocenters. The average molecular weight is 471 g/mol. The van der Waals surface area contributed by atoms with Crippen LogP contribution in [0.25, 0.3) is 0 Å². The number of rotatable bonds is 5. The van der Waals surface area contributed by atoms with Crippen LogP contribution in [0.5, 0.6) is 5.75 Å². The summed E-state index contributed by atoms with van der Waals surface area (Å²) in [5.74, 6) is -1.18. The van der Waals surface area contributed by atoms with Crippen molar-refractivity contribution in [3.05, 3.63) is 71.8 Å². The number of aryl methyl sites for hydroxylation is 1. The zero-order valence-corrected chi connectivity index (χ0v) is 19.4. The predicted octanol–water partition coefficient (Wildman–Crippen LogP) is 3.26. The number of imide groups is 1. The summed E-state index contributed by atoms with van der Waals surface area (Å²) < 4.78 is 5.60. The number of allylic oxidation sites excluding steroid dienone is 2. The highest BCUT2D eigenvalue weighted by Gasteiger charge is 2.59. The third-order valence-corrected chi connectivity index (χ3v) is 7.86. The number of carbonyl (C=O) groups excluding carboxylic acids is 4. The molecular formula is C28H26N2O5. The fourth-order valence-corrected chi connectivity index (χ4v) is 6.17. The van der Waals surface area contributed by atoms with E-state index in [4.69, 9.17) is 4.74 Å². The molecule has 3 amide bonds. The van der Waals surface area contributed by atoms with Crippen LogP contribution in [0.3, 0.4) is 0 Å². The lowest BCUT2D eigenvalue weighted by atomic mass is 9.85. The molecule has 2 heterocycles. The summed E-state index contributed by atoms with van der Waals surface area (Å²) >= 11 is 0. The van der Waals surface area contributed by atoms with Gasteiger partial charge in [-0.2, -0.15) is 0 Å². The van der Waals surface area contributed by atoms with Crippen molar-refractivity contribution < 1.29 is 23.9 Å². The molecule has 2 aromatic rings. The number of likely N-dealkylation sites (tertiary alicyclic amines) is 1. The molecular weight excluding hydrogens is 444 g/mol. The smallest absolute Gasteiger partial charge is 0.316 e. The maximum absolute atomic E-state index is 13.1. The van der Waals surface area contributed by atoms with E-state index in [1.54, 1.807) is 30.0 Å². The first-order valence-electron chi connectivity index (χ1n) is 12.1. The molecule has 0 N–H and O–H groups in total. The first kappa shape index (κ1) is 21.8. The molecule has 0 aromatic heterocycles. The third-order valence-electron chi connectivity index (χ3n) is 7.86. The number of anilines is 1. The molecule has 7 heteroatoms. The van der Waals surface area contributed by atoms with Crippen molar-refractivity contribution in [2.75, 3.05) is 11.4 Å². The number of amides is 3. The first-order chi connectivity index (χ1) is 16.9. The number of nitrogens with zero attached hydrogens (tertiary/aromatic N) is 2. The molecule has 178 valence electrons. The zero-order valence-electron chi connectivity index (χ0n) is 19.4. The average Bonchev–Trinajstić information content (AvgIpc) is 3.60. The van der Waals surface area contributed by atoms with Crippen LogP contribution in [0.15, 0.2) is 60.7 Å². The summed E-state index contributed by atoms with van der Waals surface area (Å²) in [5, 5.41) is 0. The van der Waals surface area contributed by atoms with E-state index in [0.717, 1.165) is 12.0 Å². The van der Waals surface area contributed by atoms with Crippen LogP contribution in [0.1, 0.15) is 24.0 Å². The molecule has 2 bridgehead atoms. The van der Waals surface area contributed by atoms with E-state index in [0.29, 0.717) is 30.1 Å². The standard InChI is InChI=1S/C28H26N2O5/c1-16-11-21(35-28(34)20-13-23(31)29(15-20)14-17-5-3-2-4-6-17)9-10-22(16)30-26(32)24-18-7-8-19(12-18)25(24)27(30)33/h2-11,18-20,24-25H,12-15H2,1H3/t18-,19-,20+,24-,25-/m0/s1. The first-order valence-corrected chi connectivity index (χ1v) is 12.1. The van der Waals surface area contributed by atoms with E-state index < -0.39 is 11.9 Å². The molecule has 6 rings (SSSR count). The van der Waals surface area contributed by atoms with E-state index in [-0.39, 0.29) is 47.8 Å². The summed E-state index contributed by atoms with van der Waals surface area (Å²) in [5.41, 5.74) is 2.24. The van der Waals surface area contributed by atoms with E-state index in [1.165, 1.54) is 4.90 Å². The third kappa shape index (κ3) is 3.57. The van der Waals surface area contributed by atoms with Gasteiger partial charge in [0.25, 0.3) is 0 Å². The van der Waals surface area contributed by atoms with Gasteiger partial charge in [-0.1, -0.05) is 42.5 Å². The van der Waals surface area contributed by atoms with Gasteiger partial charge in [0.05, 0.1) is 23.4 Å². The van der Waals surface area contributed by atoms with Crippen LogP contribution in [0, 0.1) is 36.5 Å². The van der Waals surface area contributed by atoms with Gasteiger partial charge in [-0.05, 0) is 54.5 Å². The van der Waals surface area contributed by atoms with Crippen molar-refractivity contribution in [2.24, 2.45) is 29.6 Å². The highest BCUT2D eigenvalue weighted by atomic mass is 16.5. The minimum atomic E-state index is -0.532. The Morgan fingerprint density at radius 3 is 2.31 bits per heavy atom. The fourth-order valence-electron chi connectivity index (χ4n) is 6.17. The van der Waals surface area contributed by atoms with Crippen LogP contribution in [-0.4, -0.2) is 35.1 Å². The van der Waals surface area contributed by atoms with Crippen molar-refractivity contribution in [2.45, 2.75) is 26.3 Å². The number of ether oxygens (including phenoxy) is 1. The fraction of sp³-hybridized carbons (Fsp3) is 0.357. The lowest BCUT2D eigenvalue weighted by Gasteiger charge is -2.20. The molecule has 4 aliphatic rings.